The molecule has 0 spiro atoms. The Morgan fingerprint density at radius 2 is 1.42 bits per heavy atom. The van der Waals surface area contributed by atoms with Crippen LogP contribution < -0.4 is 0 Å². The first-order chi connectivity index (χ1) is 5.63. The Morgan fingerprint density at radius 1 is 1.08 bits per heavy atom. The summed E-state index contributed by atoms with van der Waals surface area (Å²) in [5.41, 5.74) is 0. The van der Waals surface area contributed by atoms with Crippen LogP contribution in [0.25, 0.3) is 0 Å². The Bertz CT molecular complexity index is 120. The maximum Gasteiger partial charge on any atom is 0.189 e. The summed E-state index contributed by atoms with van der Waals surface area (Å²) in [7, 11) is 0. The maximum absolute atomic E-state index is 11.1. The lowest BCUT2D eigenvalue weighted by molar-refractivity contribution is -0.136. The van der Waals surface area contributed by atoms with E-state index in [0.29, 0.717) is 12.8 Å². The molecular weight excluding hydrogens is 156 g/mol. The Morgan fingerprint density at radius 3 is 1.67 bits per heavy atom. The van der Waals surface area contributed by atoms with Gasteiger partial charge in [0, 0.05) is 0 Å². The minimum Gasteiger partial charge on any atom is -0.385 e. The van der Waals surface area contributed by atoms with Gasteiger partial charge in [-0.2, -0.15) is 0 Å². The van der Waals surface area contributed by atoms with E-state index in [1.54, 1.807) is 0 Å². The second kappa shape index (κ2) is 6.14. The van der Waals surface area contributed by atoms with E-state index in [-0.39, 0.29) is 0 Å². The van der Waals surface area contributed by atoms with E-state index in [2.05, 4.69) is 0 Å². The standard InChI is InChI=1S/C9H18O3/c1-3-5-7(10)9(12)8(11)6-4-2/h7-8,10-11H,3-6H2,1-2H3/t7-,8-/m0/s1. The van der Waals surface area contributed by atoms with Gasteiger partial charge in [-0.25, -0.2) is 0 Å². The number of carbonyl (C=O) groups excluding carboxylic acids is 1. The second-order valence-electron chi connectivity index (χ2n) is 3.01. The lowest BCUT2D eigenvalue weighted by atomic mass is 10.0. The van der Waals surface area contributed by atoms with Gasteiger partial charge in [-0.15, -0.1) is 0 Å². The molecule has 0 aliphatic carbocycles. The molecule has 12 heavy (non-hydrogen) atoms. The van der Waals surface area contributed by atoms with E-state index in [0.717, 1.165) is 12.8 Å². The predicted octanol–water partition coefficient (Wildman–Crippen LogP) is 0.878. The SMILES string of the molecule is CCC[C@H](O)C(=O)[C@@H](O)CCC. The zero-order valence-corrected chi connectivity index (χ0v) is 7.79. The number of carbonyl (C=O) groups is 1. The third-order valence-electron chi connectivity index (χ3n) is 1.78. The van der Waals surface area contributed by atoms with E-state index in [4.69, 9.17) is 0 Å². The largest absolute Gasteiger partial charge is 0.385 e. The van der Waals surface area contributed by atoms with E-state index in [1.165, 1.54) is 0 Å². The van der Waals surface area contributed by atoms with Crippen molar-refractivity contribution < 1.29 is 15.0 Å². The van der Waals surface area contributed by atoms with Gasteiger partial charge in [0.1, 0.15) is 12.2 Å². The molecule has 0 aromatic carbocycles. The highest BCUT2D eigenvalue weighted by Crippen LogP contribution is 2.05. The topological polar surface area (TPSA) is 57.5 Å². The first-order valence-electron chi connectivity index (χ1n) is 4.53. The molecule has 0 amide bonds. The molecule has 0 fully saturated rings. The quantitative estimate of drug-likeness (QED) is 0.628. The zero-order chi connectivity index (χ0) is 9.56. The molecule has 3 nitrogen and oxygen atoms in total. The summed E-state index contributed by atoms with van der Waals surface area (Å²) in [6.45, 7) is 3.78. The highest BCUT2D eigenvalue weighted by molar-refractivity contribution is 5.86. The molecule has 0 aliphatic heterocycles. The van der Waals surface area contributed by atoms with Crippen molar-refractivity contribution in [2.75, 3.05) is 0 Å². The maximum atomic E-state index is 11.1. The zero-order valence-electron chi connectivity index (χ0n) is 7.79. The number of hydrogen-bond acceptors (Lipinski definition) is 3. The number of hydrogen-bond donors (Lipinski definition) is 2. The molecular formula is C9H18O3. The predicted molar refractivity (Wildman–Crippen MR) is 46.8 cm³/mol. The van der Waals surface area contributed by atoms with Crippen LogP contribution in [0.3, 0.4) is 0 Å². The lowest BCUT2D eigenvalue weighted by Crippen LogP contribution is -2.31. The van der Waals surface area contributed by atoms with Crippen molar-refractivity contribution in [2.24, 2.45) is 0 Å². The van der Waals surface area contributed by atoms with Crippen LogP contribution in [0.15, 0.2) is 0 Å². The van der Waals surface area contributed by atoms with Crippen molar-refractivity contribution in [3.05, 3.63) is 0 Å². The van der Waals surface area contributed by atoms with Gasteiger partial charge in [0.2, 0.25) is 0 Å². The average molecular weight is 174 g/mol. The molecule has 0 radical (unpaired) electrons. The van der Waals surface area contributed by atoms with Gasteiger partial charge in [-0.1, -0.05) is 26.7 Å². The van der Waals surface area contributed by atoms with Crippen molar-refractivity contribution in [1.29, 1.82) is 0 Å². The fourth-order valence-electron chi connectivity index (χ4n) is 1.05. The van der Waals surface area contributed by atoms with Crippen LogP contribution in [0.2, 0.25) is 0 Å². The summed E-state index contributed by atoms with van der Waals surface area (Å²) in [6.07, 6.45) is 0.449. The van der Waals surface area contributed by atoms with Crippen LogP contribution in [0.5, 0.6) is 0 Å². The molecule has 0 aromatic rings. The monoisotopic (exact) mass is 174 g/mol. The fourth-order valence-corrected chi connectivity index (χ4v) is 1.05. The Hall–Kier alpha value is -0.410. The van der Waals surface area contributed by atoms with Crippen LogP contribution in [0.1, 0.15) is 39.5 Å². The van der Waals surface area contributed by atoms with E-state index in [1.807, 2.05) is 13.8 Å². The molecule has 72 valence electrons. The molecule has 0 saturated carbocycles. The minimum absolute atomic E-state index is 0.432. The van der Waals surface area contributed by atoms with Crippen molar-refractivity contribution in [3.8, 4) is 0 Å². The third kappa shape index (κ3) is 3.83. The Balaban J connectivity index is 3.82. The van der Waals surface area contributed by atoms with Gasteiger partial charge in [0.25, 0.3) is 0 Å². The minimum atomic E-state index is -0.975. The average Bonchev–Trinajstić information content (AvgIpc) is 2.04. The molecule has 3 heteroatoms. The summed E-state index contributed by atoms with van der Waals surface area (Å²) in [5, 5.41) is 18.4. The van der Waals surface area contributed by atoms with Gasteiger partial charge in [-0.3, -0.25) is 4.79 Å². The smallest absolute Gasteiger partial charge is 0.189 e. The molecule has 2 N–H and O–H groups in total. The van der Waals surface area contributed by atoms with Gasteiger partial charge in [-0.05, 0) is 12.8 Å². The van der Waals surface area contributed by atoms with Gasteiger partial charge in [0.05, 0.1) is 0 Å². The van der Waals surface area contributed by atoms with E-state index < -0.39 is 18.0 Å². The number of Topliss-reactive ketones (excluding diaryl/α,β-unsaturated/α-hetero) is 1. The van der Waals surface area contributed by atoms with E-state index in [9.17, 15) is 15.0 Å². The van der Waals surface area contributed by atoms with Crippen LogP contribution in [-0.4, -0.2) is 28.2 Å². The molecule has 0 rings (SSSR count). The number of aliphatic hydroxyl groups excluding tert-OH is 2. The molecule has 0 aliphatic rings. The summed E-state index contributed by atoms with van der Waals surface area (Å²) in [4.78, 5) is 11.1. The fraction of sp³-hybridized carbons (Fsp3) is 0.889. The second-order valence-corrected chi connectivity index (χ2v) is 3.01. The van der Waals surface area contributed by atoms with Gasteiger partial charge >= 0.3 is 0 Å². The summed E-state index contributed by atoms with van der Waals surface area (Å²) in [5.74, 6) is -0.432. The van der Waals surface area contributed by atoms with E-state index >= 15 is 0 Å². The van der Waals surface area contributed by atoms with Gasteiger partial charge < -0.3 is 10.2 Å². The third-order valence-corrected chi connectivity index (χ3v) is 1.78. The number of ketones is 1. The Labute approximate surface area is 73.4 Å². The summed E-state index contributed by atoms with van der Waals surface area (Å²) in [6, 6.07) is 0. The van der Waals surface area contributed by atoms with Crippen molar-refractivity contribution in [2.45, 2.75) is 51.7 Å². The first kappa shape index (κ1) is 11.6. The summed E-state index contributed by atoms with van der Waals surface area (Å²) < 4.78 is 0. The number of rotatable bonds is 6. The lowest BCUT2D eigenvalue weighted by Gasteiger charge is -2.12. The van der Waals surface area contributed by atoms with Crippen molar-refractivity contribution >= 4 is 5.78 Å². The normalized spacial score (nSPS) is 15.7. The highest BCUT2D eigenvalue weighted by Gasteiger charge is 2.21. The highest BCUT2D eigenvalue weighted by atomic mass is 16.3. The van der Waals surface area contributed by atoms with Crippen LogP contribution >= 0.6 is 0 Å². The number of aliphatic hydroxyl groups is 2. The van der Waals surface area contributed by atoms with Crippen molar-refractivity contribution in [1.82, 2.24) is 0 Å². The molecule has 0 aromatic heterocycles. The molecule has 0 unspecified atom stereocenters. The summed E-state index contributed by atoms with van der Waals surface area (Å²) >= 11 is 0. The first-order valence-corrected chi connectivity index (χ1v) is 4.53. The van der Waals surface area contributed by atoms with Crippen LogP contribution in [0, 0.1) is 0 Å². The van der Waals surface area contributed by atoms with Crippen molar-refractivity contribution in [3.63, 3.8) is 0 Å². The molecule has 0 heterocycles. The molecule has 0 saturated heterocycles. The van der Waals surface area contributed by atoms with Crippen LogP contribution in [0.4, 0.5) is 0 Å². The Kier molecular flexibility index (Phi) is 5.93. The molecule has 0 bridgehead atoms. The van der Waals surface area contributed by atoms with Crippen LogP contribution in [-0.2, 0) is 4.79 Å². The van der Waals surface area contributed by atoms with Gasteiger partial charge in [0.15, 0.2) is 5.78 Å². The molecule has 2 atom stereocenters.